The van der Waals surface area contributed by atoms with Crippen molar-refractivity contribution in [2.24, 2.45) is 0 Å². The van der Waals surface area contributed by atoms with E-state index < -0.39 is 49.2 Å². The molecular formula is C7H3Cl2F13Si. The zero-order valence-electron chi connectivity index (χ0n) is 9.95. The zero-order valence-corrected chi connectivity index (χ0v) is 12.6. The lowest BCUT2D eigenvalue weighted by atomic mass is 9.94. The molecule has 0 aliphatic carbocycles. The van der Waals surface area contributed by atoms with E-state index in [1.54, 1.807) is 0 Å². The summed E-state index contributed by atoms with van der Waals surface area (Å²) >= 11 is 9.45. The number of hydrogen-bond donors (Lipinski definition) is 0. The van der Waals surface area contributed by atoms with Crippen LogP contribution in [0.25, 0.3) is 0 Å². The summed E-state index contributed by atoms with van der Waals surface area (Å²) in [6.45, 7) is 0. The number of halogens is 15. The van der Waals surface area contributed by atoms with E-state index in [0.29, 0.717) is 0 Å². The molecule has 0 amide bonds. The summed E-state index contributed by atoms with van der Waals surface area (Å²) < 4.78 is 163. The normalized spacial score (nSPS) is 16.2. The summed E-state index contributed by atoms with van der Waals surface area (Å²) in [6, 6.07) is -2.48. The summed E-state index contributed by atoms with van der Waals surface area (Å²) in [5, 5.41) is 0. The van der Waals surface area contributed by atoms with Crippen LogP contribution in [0.1, 0.15) is 0 Å². The maximum absolute atomic E-state index is 13.0. The molecule has 140 valence electrons. The van der Waals surface area contributed by atoms with E-state index in [0.717, 1.165) is 0 Å². The highest BCUT2D eigenvalue weighted by molar-refractivity contribution is 7.33. The van der Waals surface area contributed by atoms with Gasteiger partial charge < -0.3 is 0 Å². The molecule has 0 aliphatic heterocycles. The summed E-state index contributed by atoms with van der Waals surface area (Å²) in [6.07, 6.45) is -7.42. The summed E-state index contributed by atoms with van der Waals surface area (Å²) in [7, 11) is -3.87. The van der Waals surface area contributed by atoms with Gasteiger partial charge in [0.15, 0.2) is 0 Å². The summed E-state index contributed by atoms with van der Waals surface area (Å²) in [5.41, 5.74) is 0. The van der Waals surface area contributed by atoms with Crippen molar-refractivity contribution in [3.63, 3.8) is 0 Å². The van der Waals surface area contributed by atoms with Crippen LogP contribution in [-0.2, 0) is 0 Å². The predicted molar refractivity (Wildman–Crippen MR) is 54.5 cm³/mol. The minimum atomic E-state index is -7.89. The molecule has 23 heavy (non-hydrogen) atoms. The molecule has 16 heteroatoms. The van der Waals surface area contributed by atoms with Crippen molar-refractivity contribution in [1.82, 2.24) is 0 Å². The lowest BCUT2D eigenvalue weighted by molar-refractivity contribution is -0.438. The third kappa shape index (κ3) is 3.48. The van der Waals surface area contributed by atoms with Crippen LogP contribution in [0.15, 0.2) is 0 Å². The fourth-order valence-corrected chi connectivity index (χ4v) is 2.93. The first-order valence-electron chi connectivity index (χ1n) is 4.91. The molecule has 0 nitrogen and oxygen atoms in total. The van der Waals surface area contributed by atoms with Crippen molar-refractivity contribution in [1.29, 1.82) is 0 Å². The standard InChI is InChI=1S/C7H3Cl2F13Si/c8-23(9)1-2(10,11)3(12,13)4(14,15)5(16,17)6(18,19)7(20,21)22/h23H,1H2. The van der Waals surface area contributed by atoms with Crippen LogP contribution in [0, 0.1) is 0 Å². The molecule has 0 N–H and O–H groups in total. The van der Waals surface area contributed by atoms with Gasteiger partial charge >= 0.3 is 35.8 Å². The quantitative estimate of drug-likeness (QED) is 0.298. The molecule has 0 fully saturated rings. The predicted octanol–water partition coefficient (Wildman–Crippen LogP) is 5.42. The smallest absolute Gasteiger partial charge is 0.200 e. The largest absolute Gasteiger partial charge is 0.460 e. The van der Waals surface area contributed by atoms with Crippen LogP contribution in [0.4, 0.5) is 57.1 Å². The van der Waals surface area contributed by atoms with Crippen molar-refractivity contribution in [3.05, 3.63) is 0 Å². The Bertz CT molecular complexity index is 429. The Morgan fingerprint density at radius 1 is 0.522 bits per heavy atom. The highest BCUT2D eigenvalue weighted by Crippen LogP contribution is 2.60. The molecule has 0 aromatic rings. The topological polar surface area (TPSA) is 0 Å². The Morgan fingerprint density at radius 2 is 0.826 bits per heavy atom. The first-order valence-corrected chi connectivity index (χ1v) is 9.21. The lowest BCUT2D eigenvalue weighted by Gasteiger charge is -2.39. The van der Waals surface area contributed by atoms with E-state index in [1.165, 1.54) is 0 Å². The molecule has 0 saturated heterocycles. The van der Waals surface area contributed by atoms with Crippen molar-refractivity contribution < 1.29 is 57.1 Å². The number of alkyl halides is 13. The van der Waals surface area contributed by atoms with Gasteiger partial charge in [0.25, 0.3) is 0 Å². The molecule has 0 saturated carbocycles. The average Bonchev–Trinajstić information content (AvgIpc) is 2.24. The van der Waals surface area contributed by atoms with Crippen LogP contribution in [0.2, 0.25) is 6.04 Å². The average molecular weight is 433 g/mol. The second kappa shape index (κ2) is 6.00. The third-order valence-corrected chi connectivity index (χ3v) is 4.16. The van der Waals surface area contributed by atoms with E-state index in [-0.39, 0.29) is 0 Å². The minimum absolute atomic E-state index is 2.48. The van der Waals surface area contributed by atoms with Crippen molar-refractivity contribution in [2.75, 3.05) is 0 Å². The van der Waals surface area contributed by atoms with Crippen LogP contribution < -0.4 is 0 Å². The zero-order chi connectivity index (χ0) is 19.3. The van der Waals surface area contributed by atoms with Gasteiger partial charge in [-0.25, -0.2) is 0 Å². The highest BCUT2D eigenvalue weighted by atomic mass is 35.7. The number of hydrogen-bond acceptors (Lipinski definition) is 0. The highest BCUT2D eigenvalue weighted by Gasteiger charge is 2.90. The van der Waals surface area contributed by atoms with Crippen molar-refractivity contribution >= 4 is 29.6 Å². The van der Waals surface area contributed by atoms with E-state index in [2.05, 4.69) is 0 Å². The molecule has 0 unspecified atom stereocenters. The maximum atomic E-state index is 13.0. The Morgan fingerprint density at radius 3 is 1.09 bits per heavy atom. The first-order chi connectivity index (χ1) is 9.67. The van der Waals surface area contributed by atoms with Gasteiger partial charge in [-0.05, 0) is 0 Å². The molecule has 0 rings (SSSR count). The van der Waals surface area contributed by atoms with E-state index in [4.69, 9.17) is 22.2 Å². The van der Waals surface area contributed by atoms with Crippen LogP contribution in [-0.4, -0.2) is 43.2 Å². The van der Waals surface area contributed by atoms with Gasteiger partial charge in [-0.3, -0.25) is 0 Å². The SMILES string of the molecule is FC(F)(F)C(F)(F)C(F)(F)C(F)(F)C(F)(F)C(F)(F)C[SiH](Cl)Cl. The molecule has 0 aliphatic rings. The Kier molecular flexibility index (Phi) is 5.97. The van der Waals surface area contributed by atoms with Crippen LogP contribution in [0.3, 0.4) is 0 Å². The Balaban J connectivity index is 6.14. The molecular weight excluding hydrogens is 430 g/mol. The molecule has 0 radical (unpaired) electrons. The molecule has 0 atom stereocenters. The van der Waals surface area contributed by atoms with Gasteiger partial charge in [0.1, 0.15) is 0 Å². The molecule has 0 heterocycles. The van der Waals surface area contributed by atoms with Gasteiger partial charge in [0.05, 0.1) is 0 Å². The molecule has 0 aromatic heterocycles. The van der Waals surface area contributed by atoms with Gasteiger partial charge in [-0.15, -0.1) is 0 Å². The molecule has 0 aromatic carbocycles. The second-order valence-electron chi connectivity index (χ2n) is 4.09. The summed E-state index contributed by atoms with van der Waals surface area (Å²) in [5.74, 6) is -36.8. The third-order valence-electron chi connectivity index (χ3n) is 2.41. The van der Waals surface area contributed by atoms with Crippen LogP contribution >= 0.6 is 22.2 Å². The fourth-order valence-electron chi connectivity index (χ4n) is 1.12. The molecule has 0 spiro atoms. The van der Waals surface area contributed by atoms with Gasteiger partial charge in [0.2, 0.25) is 7.42 Å². The fraction of sp³-hybridized carbons (Fsp3) is 1.00. The second-order valence-corrected chi connectivity index (χ2v) is 9.12. The Labute approximate surface area is 129 Å². The monoisotopic (exact) mass is 432 g/mol. The van der Waals surface area contributed by atoms with E-state index >= 15 is 0 Å². The maximum Gasteiger partial charge on any atom is 0.460 e. The van der Waals surface area contributed by atoms with Gasteiger partial charge in [0, 0.05) is 6.04 Å². The minimum Gasteiger partial charge on any atom is -0.200 e. The van der Waals surface area contributed by atoms with Crippen molar-refractivity contribution in [3.8, 4) is 0 Å². The number of rotatable bonds is 6. The molecule has 0 bridgehead atoms. The van der Waals surface area contributed by atoms with Gasteiger partial charge in [-0.2, -0.15) is 79.2 Å². The van der Waals surface area contributed by atoms with E-state index in [1.807, 2.05) is 0 Å². The van der Waals surface area contributed by atoms with E-state index in [9.17, 15) is 57.1 Å². The summed E-state index contributed by atoms with van der Waals surface area (Å²) in [4.78, 5) is 0. The van der Waals surface area contributed by atoms with Crippen LogP contribution in [0.5, 0.6) is 0 Å². The first kappa shape index (κ1) is 22.9. The van der Waals surface area contributed by atoms with Crippen molar-refractivity contribution in [2.45, 2.75) is 41.8 Å². The Hall–Kier alpha value is -0.113. The lowest BCUT2D eigenvalue weighted by Crippen LogP contribution is -2.70. The van der Waals surface area contributed by atoms with Gasteiger partial charge in [-0.1, -0.05) is 0 Å².